The molecule has 1 aliphatic rings. The lowest BCUT2D eigenvalue weighted by atomic mass is 10.0. The summed E-state index contributed by atoms with van der Waals surface area (Å²) in [7, 11) is 0. The Balaban J connectivity index is 1.60. The highest BCUT2D eigenvalue weighted by Crippen LogP contribution is 2.19. The fraction of sp³-hybridized carbons (Fsp3) is 0.400. The molecule has 7 nitrogen and oxygen atoms in total. The molecule has 0 unspecified atom stereocenters. The lowest BCUT2D eigenvalue weighted by Crippen LogP contribution is -2.50. The third-order valence-corrected chi connectivity index (χ3v) is 4.73. The molecule has 1 N–H and O–H groups in total. The number of carbonyl (C=O) groups excluding carboxylic acids is 2. The maximum Gasteiger partial charge on any atom is 0.274 e. The molecule has 2 amide bonds. The zero-order valence-electron chi connectivity index (χ0n) is 16.0. The molecule has 0 atom stereocenters. The first-order valence-electron chi connectivity index (χ1n) is 9.18. The van der Waals surface area contributed by atoms with E-state index in [1.165, 1.54) is 11.8 Å². The van der Waals surface area contributed by atoms with Gasteiger partial charge in [0, 0.05) is 38.8 Å². The first-order chi connectivity index (χ1) is 12.9. The monoisotopic (exact) mass is 367 g/mol. The van der Waals surface area contributed by atoms with E-state index in [1.54, 1.807) is 22.9 Å². The Hall–Kier alpha value is -2.96. The predicted octanol–water partition coefficient (Wildman–Crippen LogP) is 2.65. The molecule has 0 spiro atoms. The molecule has 142 valence electrons. The first kappa shape index (κ1) is 18.8. The molecule has 27 heavy (non-hydrogen) atoms. The molecular weight excluding hydrogens is 342 g/mol. The van der Waals surface area contributed by atoms with Gasteiger partial charge in [-0.25, -0.2) is 9.97 Å². The van der Waals surface area contributed by atoms with Crippen LogP contribution in [0, 0.1) is 0 Å². The fourth-order valence-corrected chi connectivity index (χ4v) is 2.99. The summed E-state index contributed by atoms with van der Waals surface area (Å²) in [6, 6.07) is 8.17. The summed E-state index contributed by atoms with van der Waals surface area (Å²) in [4.78, 5) is 35.9. The molecule has 1 aromatic carbocycles. The van der Waals surface area contributed by atoms with Crippen LogP contribution in [0.25, 0.3) is 0 Å². The van der Waals surface area contributed by atoms with Crippen molar-refractivity contribution >= 4 is 23.3 Å². The standard InChI is InChI=1S/C20H25N5O2/c1-14(2)16-4-6-17(7-5-16)23-19-13-21-18(12-22-19)20(27)25-10-8-24(9-11-25)15(3)26/h4-7,12-14H,8-11H2,1-3H3,(H,22,23). The van der Waals surface area contributed by atoms with E-state index in [0.717, 1.165) is 5.69 Å². The number of amides is 2. The summed E-state index contributed by atoms with van der Waals surface area (Å²) in [6.45, 7) is 8.00. The van der Waals surface area contributed by atoms with E-state index < -0.39 is 0 Å². The number of carbonyl (C=O) groups is 2. The van der Waals surface area contributed by atoms with E-state index in [1.807, 2.05) is 12.1 Å². The van der Waals surface area contributed by atoms with Crippen LogP contribution >= 0.6 is 0 Å². The van der Waals surface area contributed by atoms with Crippen molar-refractivity contribution in [3.05, 3.63) is 47.9 Å². The molecule has 0 saturated carbocycles. The summed E-state index contributed by atoms with van der Waals surface area (Å²) in [6.07, 6.45) is 3.06. The summed E-state index contributed by atoms with van der Waals surface area (Å²) in [5.41, 5.74) is 2.51. The normalized spacial score (nSPS) is 14.4. The van der Waals surface area contributed by atoms with Crippen molar-refractivity contribution in [3.63, 3.8) is 0 Å². The highest BCUT2D eigenvalue weighted by atomic mass is 16.2. The topological polar surface area (TPSA) is 78.4 Å². The second-order valence-corrected chi connectivity index (χ2v) is 6.99. The van der Waals surface area contributed by atoms with Crippen molar-refractivity contribution in [2.24, 2.45) is 0 Å². The van der Waals surface area contributed by atoms with E-state index in [2.05, 4.69) is 41.3 Å². The number of hydrogen-bond acceptors (Lipinski definition) is 5. The van der Waals surface area contributed by atoms with Crippen molar-refractivity contribution in [1.29, 1.82) is 0 Å². The van der Waals surface area contributed by atoms with Crippen LogP contribution in [0.2, 0.25) is 0 Å². The van der Waals surface area contributed by atoms with Crippen molar-refractivity contribution < 1.29 is 9.59 Å². The average Bonchev–Trinajstić information content (AvgIpc) is 2.68. The lowest BCUT2D eigenvalue weighted by molar-refractivity contribution is -0.130. The number of rotatable bonds is 4. The first-order valence-corrected chi connectivity index (χ1v) is 9.18. The Bertz CT molecular complexity index is 794. The second kappa shape index (κ2) is 8.16. The lowest BCUT2D eigenvalue weighted by Gasteiger charge is -2.33. The van der Waals surface area contributed by atoms with Crippen molar-refractivity contribution in [1.82, 2.24) is 19.8 Å². The van der Waals surface area contributed by atoms with Crippen LogP contribution in [0.4, 0.5) is 11.5 Å². The van der Waals surface area contributed by atoms with Crippen LogP contribution < -0.4 is 5.32 Å². The number of nitrogens with one attached hydrogen (secondary N) is 1. The van der Waals surface area contributed by atoms with Crippen molar-refractivity contribution in [2.75, 3.05) is 31.5 Å². The summed E-state index contributed by atoms with van der Waals surface area (Å²) < 4.78 is 0. The zero-order chi connectivity index (χ0) is 19.4. The molecule has 0 bridgehead atoms. The molecule has 2 heterocycles. The molecule has 3 rings (SSSR count). The molecule has 2 aromatic rings. The minimum Gasteiger partial charge on any atom is -0.339 e. The molecular formula is C20H25N5O2. The van der Waals surface area contributed by atoms with E-state index in [0.29, 0.717) is 43.6 Å². The number of aromatic nitrogens is 2. The Morgan fingerprint density at radius 3 is 2.11 bits per heavy atom. The van der Waals surface area contributed by atoms with Gasteiger partial charge >= 0.3 is 0 Å². The van der Waals surface area contributed by atoms with Crippen LogP contribution in [0.15, 0.2) is 36.7 Å². The smallest absolute Gasteiger partial charge is 0.274 e. The maximum atomic E-state index is 12.5. The molecule has 0 radical (unpaired) electrons. The third kappa shape index (κ3) is 4.61. The van der Waals surface area contributed by atoms with Gasteiger partial charge in [-0.05, 0) is 23.6 Å². The van der Waals surface area contributed by atoms with Gasteiger partial charge in [0.15, 0.2) is 0 Å². The third-order valence-electron chi connectivity index (χ3n) is 4.73. The maximum absolute atomic E-state index is 12.5. The number of benzene rings is 1. The Morgan fingerprint density at radius 1 is 0.963 bits per heavy atom. The summed E-state index contributed by atoms with van der Waals surface area (Å²) in [5.74, 6) is 0.962. The van der Waals surface area contributed by atoms with Crippen LogP contribution in [0.3, 0.4) is 0 Å². The molecule has 7 heteroatoms. The van der Waals surface area contributed by atoms with Gasteiger partial charge in [-0.15, -0.1) is 0 Å². The van der Waals surface area contributed by atoms with E-state index in [-0.39, 0.29) is 11.8 Å². The SMILES string of the molecule is CC(=O)N1CCN(C(=O)c2cnc(Nc3ccc(C(C)C)cc3)cn2)CC1. The van der Waals surface area contributed by atoms with Gasteiger partial charge in [-0.3, -0.25) is 9.59 Å². The van der Waals surface area contributed by atoms with Gasteiger partial charge in [0.1, 0.15) is 11.5 Å². The van der Waals surface area contributed by atoms with E-state index >= 15 is 0 Å². The number of nitrogens with zero attached hydrogens (tertiary/aromatic N) is 4. The Morgan fingerprint density at radius 2 is 1.59 bits per heavy atom. The molecule has 1 fully saturated rings. The minimum atomic E-state index is -0.154. The van der Waals surface area contributed by atoms with Gasteiger partial charge in [-0.2, -0.15) is 0 Å². The molecule has 1 saturated heterocycles. The van der Waals surface area contributed by atoms with Crippen LogP contribution in [0.1, 0.15) is 42.7 Å². The highest BCUT2D eigenvalue weighted by molar-refractivity contribution is 5.92. The largest absolute Gasteiger partial charge is 0.339 e. The average molecular weight is 367 g/mol. The summed E-state index contributed by atoms with van der Waals surface area (Å²) >= 11 is 0. The highest BCUT2D eigenvalue weighted by Gasteiger charge is 2.24. The van der Waals surface area contributed by atoms with Crippen LogP contribution in [-0.4, -0.2) is 57.8 Å². The predicted molar refractivity (Wildman–Crippen MR) is 104 cm³/mol. The van der Waals surface area contributed by atoms with Crippen molar-refractivity contribution in [3.8, 4) is 0 Å². The number of hydrogen-bond donors (Lipinski definition) is 1. The fourth-order valence-electron chi connectivity index (χ4n) is 2.99. The van der Waals surface area contributed by atoms with Gasteiger partial charge < -0.3 is 15.1 Å². The number of piperazine rings is 1. The Labute approximate surface area is 159 Å². The molecule has 0 aliphatic carbocycles. The van der Waals surface area contributed by atoms with Gasteiger partial charge in [0.25, 0.3) is 5.91 Å². The van der Waals surface area contributed by atoms with E-state index in [9.17, 15) is 9.59 Å². The summed E-state index contributed by atoms with van der Waals surface area (Å²) in [5, 5.41) is 3.19. The number of anilines is 2. The molecule has 1 aliphatic heterocycles. The van der Waals surface area contributed by atoms with Crippen molar-refractivity contribution in [2.45, 2.75) is 26.7 Å². The van der Waals surface area contributed by atoms with Gasteiger partial charge in [0.2, 0.25) is 5.91 Å². The van der Waals surface area contributed by atoms with Crippen LogP contribution in [0.5, 0.6) is 0 Å². The quantitative estimate of drug-likeness (QED) is 0.899. The zero-order valence-corrected chi connectivity index (χ0v) is 16.0. The van der Waals surface area contributed by atoms with Crippen LogP contribution in [-0.2, 0) is 4.79 Å². The van der Waals surface area contributed by atoms with Gasteiger partial charge in [-0.1, -0.05) is 26.0 Å². The second-order valence-electron chi connectivity index (χ2n) is 6.99. The Kier molecular flexibility index (Phi) is 5.69. The van der Waals surface area contributed by atoms with Gasteiger partial charge in [0.05, 0.1) is 12.4 Å². The minimum absolute atomic E-state index is 0.0405. The van der Waals surface area contributed by atoms with E-state index in [4.69, 9.17) is 0 Å². The molecule has 1 aromatic heterocycles.